The lowest BCUT2D eigenvalue weighted by atomic mass is 10.1. The van der Waals surface area contributed by atoms with Gasteiger partial charge in [0.05, 0.1) is 23.4 Å². The molecular formula is C20H18FN3OS2. The number of aromatic nitrogens is 2. The van der Waals surface area contributed by atoms with E-state index in [1.165, 1.54) is 29.0 Å². The summed E-state index contributed by atoms with van der Waals surface area (Å²) in [5.74, 6) is 0.523. The first-order valence-corrected chi connectivity index (χ1v) is 10.0. The minimum Gasteiger partial charge on any atom is -0.496 e. The second kappa shape index (κ2) is 7.25. The van der Waals surface area contributed by atoms with E-state index in [4.69, 9.17) is 4.74 Å². The van der Waals surface area contributed by atoms with Crippen LogP contribution >= 0.6 is 23.3 Å². The fourth-order valence-electron chi connectivity index (χ4n) is 2.95. The molecule has 0 unspecified atom stereocenters. The van der Waals surface area contributed by atoms with Crippen molar-refractivity contribution in [2.45, 2.75) is 18.7 Å². The minimum atomic E-state index is -0.253. The van der Waals surface area contributed by atoms with Crippen LogP contribution in [-0.4, -0.2) is 16.5 Å². The summed E-state index contributed by atoms with van der Waals surface area (Å²) in [6.45, 7) is 4.11. The molecule has 4 rings (SSSR count). The molecule has 0 aliphatic rings. The molecule has 0 aliphatic heterocycles. The number of methoxy groups -OCH3 is 1. The van der Waals surface area contributed by atoms with Crippen LogP contribution in [0.5, 0.6) is 5.75 Å². The third-order valence-electron chi connectivity index (χ3n) is 4.18. The van der Waals surface area contributed by atoms with Gasteiger partial charge in [-0.25, -0.2) is 9.37 Å². The summed E-state index contributed by atoms with van der Waals surface area (Å²) >= 11 is 3.12. The molecule has 0 saturated carbocycles. The summed E-state index contributed by atoms with van der Waals surface area (Å²) in [5.41, 5.74) is 3.97. The van der Waals surface area contributed by atoms with Crippen molar-refractivity contribution in [1.29, 1.82) is 0 Å². The lowest BCUT2D eigenvalue weighted by molar-refractivity contribution is 0.405. The van der Waals surface area contributed by atoms with Crippen LogP contribution in [0.15, 0.2) is 53.6 Å². The zero-order valence-corrected chi connectivity index (χ0v) is 16.7. The van der Waals surface area contributed by atoms with Gasteiger partial charge in [0.25, 0.3) is 0 Å². The van der Waals surface area contributed by atoms with Gasteiger partial charge in [-0.05, 0) is 68.3 Å². The van der Waals surface area contributed by atoms with E-state index < -0.39 is 0 Å². The molecule has 1 N–H and O–H groups in total. The Morgan fingerprint density at radius 3 is 2.67 bits per heavy atom. The average molecular weight is 400 g/mol. The molecule has 0 fully saturated rings. The number of fused-ring (bicyclic) bond motifs is 1. The van der Waals surface area contributed by atoms with E-state index in [0.717, 1.165) is 38.2 Å². The van der Waals surface area contributed by atoms with Crippen LogP contribution in [0.2, 0.25) is 0 Å². The summed E-state index contributed by atoms with van der Waals surface area (Å²) in [7, 11) is 1.65. The van der Waals surface area contributed by atoms with Gasteiger partial charge in [-0.3, -0.25) is 4.40 Å². The highest BCUT2D eigenvalue weighted by atomic mass is 32.2. The standard InChI is InChI=1S/C20H18FN3OS2/c1-12-11-24-19(13(2)22-20(24)26-12)14-4-9-17(25-3)18(10-14)27-23-16-7-5-15(21)6-8-16/h4-11,23H,1-3H3. The lowest BCUT2D eigenvalue weighted by Gasteiger charge is -2.12. The first-order chi connectivity index (χ1) is 13.0. The third-order valence-corrected chi connectivity index (χ3v) is 5.95. The van der Waals surface area contributed by atoms with Crippen molar-refractivity contribution in [3.05, 3.63) is 65.0 Å². The van der Waals surface area contributed by atoms with Gasteiger partial charge < -0.3 is 9.46 Å². The summed E-state index contributed by atoms with van der Waals surface area (Å²) in [4.78, 5) is 7.84. The normalized spacial score (nSPS) is 11.1. The fourth-order valence-corrected chi connectivity index (χ4v) is 4.62. The molecule has 138 valence electrons. The number of hydrogen-bond acceptors (Lipinski definition) is 5. The van der Waals surface area contributed by atoms with E-state index in [0.29, 0.717) is 0 Å². The van der Waals surface area contributed by atoms with Crippen molar-refractivity contribution in [2.75, 3.05) is 11.8 Å². The number of thiazole rings is 1. The van der Waals surface area contributed by atoms with Crippen molar-refractivity contribution < 1.29 is 9.13 Å². The number of nitrogens with zero attached hydrogens (tertiary/aromatic N) is 2. The molecule has 7 heteroatoms. The van der Waals surface area contributed by atoms with Gasteiger partial charge in [0.15, 0.2) is 4.96 Å². The number of rotatable bonds is 5. The highest BCUT2D eigenvalue weighted by Crippen LogP contribution is 2.36. The topological polar surface area (TPSA) is 38.6 Å². The van der Waals surface area contributed by atoms with Crippen LogP contribution in [-0.2, 0) is 0 Å². The molecule has 4 nitrogen and oxygen atoms in total. The maximum atomic E-state index is 13.1. The molecule has 0 atom stereocenters. The zero-order chi connectivity index (χ0) is 19.0. The monoisotopic (exact) mass is 399 g/mol. The Morgan fingerprint density at radius 1 is 1.15 bits per heavy atom. The van der Waals surface area contributed by atoms with E-state index in [9.17, 15) is 4.39 Å². The summed E-state index contributed by atoms with van der Waals surface area (Å²) < 4.78 is 24.0. The third kappa shape index (κ3) is 3.52. The molecule has 0 bridgehead atoms. The predicted octanol–water partition coefficient (Wildman–Crippen LogP) is 5.95. The van der Waals surface area contributed by atoms with Gasteiger partial charge in [-0.2, -0.15) is 0 Å². The molecular weight excluding hydrogens is 381 g/mol. The number of benzene rings is 2. The molecule has 0 amide bonds. The first kappa shape index (κ1) is 17.9. The maximum absolute atomic E-state index is 13.1. The number of anilines is 1. The van der Waals surface area contributed by atoms with Gasteiger partial charge in [-0.15, -0.1) is 11.3 Å². The Morgan fingerprint density at radius 2 is 1.93 bits per heavy atom. The van der Waals surface area contributed by atoms with Crippen LogP contribution < -0.4 is 9.46 Å². The predicted molar refractivity (Wildman–Crippen MR) is 110 cm³/mol. The molecule has 0 saturated heterocycles. The minimum absolute atomic E-state index is 0.253. The van der Waals surface area contributed by atoms with Gasteiger partial charge in [0.2, 0.25) is 0 Å². The number of halogens is 1. The van der Waals surface area contributed by atoms with E-state index >= 15 is 0 Å². The Bertz CT molecular complexity index is 1100. The lowest BCUT2D eigenvalue weighted by Crippen LogP contribution is -1.93. The molecule has 0 spiro atoms. The van der Waals surface area contributed by atoms with Gasteiger partial charge in [0, 0.05) is 22.3 Å². The van der Waals surface area contributed by atoms with Crippen LogP contribution in [0.25, 0.3) is 16.2 Å². The number of aryl methyl sites for hydroxylation is 2. The second-order valence-corrected chi connectivity index (χ2v) is 8.18. The number of imidazole rings is 1. The van der Waals surface area contributed by atoms with Crippen molar-refractivity contribution >= 4 is 33.9 Å². The first-order valence-electron chi connectivity index (χ1n) is 8.37. The number of ether oxygens (including phenoxy) is 1. The van der Waals surface area contributed by atoms with E-state index in [2.05, 4.69) is 33.3 Å². The van der Waals surface area contributed by atoms with Gasteiger partial charge in [0.1, 0.15) is 11.6 Å². The van der Waals surface area contributed by atoms with Crippen LogP contribution in [0, 0.1) is 19.7 Å². The molecule has 0 aliphatic carbocycles. The van der Waals surface area contributed by atoms with Crippen molar-refractivity contribution in [3.63, 3.8) is 0 Å². The largest absolute Gasteiger partial charge is 0.496 e. The van der Waals surface area contributed by atoms with E-state index in [1.54, 1.807) is 30.6 Å². The van der Waals surface area contributed by atoms with Crippen LogP contribution in [0.1, 0.15) is 10.6 Å². The number of hydrogen-bond donors (Lipinski definition) is 1. The highest BCUT2D eigenvalue weighted by molar-refractivity contribution is 8.00. The van der Waals surface area contributed by atoms with Gasteiger partial charge in [-0.1, -0.05) is 0 Å². The Balaban J connectivity index is 1.69. The average Bonchev–Trinajstić information content (AvgIpc) is 3.15. The zero-order valence-electron chi connectivity index (χ0n) is 15.1. The Hall–Kier alpha value is -2.51. The second-order valence-electron chi connectivity index (χ2n) is 6.12. The highest BCUT2D eigenvalue weighted by Gasteiger charge is 2.15. The smallest absolute Gasteiger partial charge is 0.194 e. The van der Waals surface area contributed by atoms with Crippen molar-refractivity contribution in [3.8, 4) is 17.0 Å². The Labute approximate surface area is 165 Å². The van der Waals surface area contributed by atoms with E-state index in [1.807, 2.05) is 19.1 Å². The molecule has 2 aromatic heterocycles. The van der Waals surface area contributed by atoms with Crippen LogP contribution in [0.3, 0.4) is 0 Å². The van der Waals surface area contributed by atoms with E-state index in [-0.39, 0.29) is 5.82 Å². The summed E-state index contributed by atoms with van der Waals surface area (Å²) in [6.07, 6.45) is 2.11. The SMILES string of the molecule is COc1ccc(-c2c(C)nc3sc(C)cn23)cc1SNc1ccc(F)cc1. The number of nitrogens with one attached hydrogen (secondary N) is 1. The van der Waals surface area contributed by atoms with Crippen LogP contribution in [0.4, 0.5) is 10.1 Å². The molecule has 27 heavy (non-hydrogen) atoms. The fraction of sp³-hybridized carbons (Fsp3) is 0.150. The molecule has 4 aromatic rings. The molecule has 2 aromatic carbocycles. The van der Waals surface area contributed by atoms with Gasteiger partial charge >= 0.3 is 0 Å². The molecule has 0 radical (unpaired) electrons. The van der Waals surface area contributed by atoms with Crippen molar-refractivity contribution in [2.24, 2.45) is 0 Å². The van der Waals surface area contributed by atoms with Crippen molar-refractivity contribution in [1.82, 2.24) is 9.38 Å². The Kier molecular flexibility index (Phi) is 4.80. The summed E-state index contributed by atoms with van der Waals surface area (Å²) in [6, 6.07) is 12.4. The summed E-state index contributed by atoms with van der Waals surface area (Å²) in [5, 5.41) is 0. The quantitative estimate of drug-likeness (QED) is 0.421. The molecule has 2 heterocycles. The maximum Gasteiger partial charge on any atom is 0.194 e.